The van der Waals surface area contributed by atoms with E-state index in [-0.39, 0.29) is 5.82 Å². The van der Waals surface area contributed by atoms with Gasteiger partial charge in [0.25, 0.3) is 0 Å². The number of nitrogens with one attached hydrogen (secondary N) is 1. The molecule has 1 aliphatic rings. The molecule has 7 heteroatoms. The number of benzene rings is 3. The van der Waals surface area contributed by atoms with Crippen LogP contribution in [0.1, 0.15) is 42.9 Å². The van der Waals surface area contributed by atoms with Gasteiger partial charge in [-0.15, -0.1) is 11.3 Å². The Bertz CT molecular complexity index is 1380. The zero-order chi connectivity index (χ0) is 25.2. The lowest BCUT2D eigenvalue weighted by Crippen LogP contribution is -2.16. The molecule has 0 saturated heterocycles. The van der Waals surface area contributed by atoms with E-state index in [1.54, 1.807) is 26.2 Å². The predicted octanol–water partition coefficient (Wildman–Crippen LogP) is 8.56. The monoisotopic (exact) mass is 505 g/mol. The van der Waals surface area contributed by atoms with Crippen LogP contribution in [0, 0.1) is 10.9 Å². The summed E-state index contributed by atoms with van der Waals surface area (Å²) >= 11 is 0.925. The van der Waals surface area contributed by atoms with Gasteiger partial charge in [0.1, 0.15) is 17.7 Å². The molecule has 5 rings (SSSR count). The number of hydrogen-bond acceptors (Lipinski definition) is 4. The lowest BCUT2D eigenvalue weighted by atomic mass is 9.99. The van der Waals surface area contributed by atoms with Gasteiger partial charge >= 0.3 is 6.09 Å². The third-order valence-corrected chi connectivity index (χ3v) is 7.27. The highest BCUT2D eigenvalue weighted by atomic mass is 32.1. The minimum absolute atomic E-state index is 0.303. The molecule has 0 unspecified atom stereocenters. The second-order valence-electron chi connectivity index (χ2n) is 8.83. The van der Waals surface area contributed by atoms with Crippen molar-refractivity contribution >= 4 is 23.1 Å². The highest BCUT2D eigenvalue weighted by molar-refractivity contribution is 7.14. The van der Waals surface area contributed by atoms with E-state index in [1.165, 1.54) is 36.6 Å². The van der Waals surface area contributed by atoms with Crippen LogP contribution in [0.5, 0.6) is 5.75 Å². The number of thiophene rings is 1. The quantitative estimate of drug-likeness (QED) is 0.274. The first kappa shape index (κ1) is 24.0. The number of anilines is 1. The van der Waals surface area contributed by atoms with Gasteiger partial charge in [0.05, 0.1) is 17.7 Å². The molecule has 1 atom stereocenters. The molecule has 0 spiro atoms. The Morgan fingerprint density at radius 3 is 2.33 bits per heavy atom. The predicted molar refractivity (Wildman–Crippen MR) is 139 cm³/mol. The topological polar surface area (TPSA) is 47.6 Å². The van der Waals surface area contributed by atoms with E-state index in [9.17, 15) is 13.6 Å². The Morgan fingerprint density at radius 1 is 0.972 bits per heavy atom. The zero-order valence-corrected chi connectivity index (χ0v) is 20.7. The van der Waals surface area contributed by atoms with Gasteiger partial charge in [-0.3, -0.25) is 5.32 Å². The fraction of sp³-hybridized carbons (Fsp3) is 0.207. The number of carbonyl (C=O) groups excluding carboxylic acids is 1. The van der Waals surface area contributed by atoms with Crippen molar-refractivity contribution in [2.45, 2.75) is 31.8 Å². The third-order valence-electron chi connectivity index (χ3n) is 6.30. The molecule has 4 aromatic rings. The molecule has 0 aliphatic heterocycles. The average Bonchev–Trinajstić information content (AvgIpc) is 3.67. The van der Waals surface area contributed by atoms with Crippen molar-refractivity contribution in [3.63, 3.8) is 0 Å². The van der Waals surface area contributed by atoms with Crippen LogP contribution in [0.4, 0.5) is 19.3 Å². The molecular weight excluding hydrogens is 480 g/mol. The molecule has 3 aromatic carbocycles. The Kier molecular flexibility index (Phi) is 6.74. The van der Waals surface area contributed by atoms with Crippen molar-refractivity contribution < 1.29 is 23.0 Å². The van der Waals surface area contributed by atoms with Crippen LogP contribution in [0.3, 0.4) is 0 Å². The average molecular weight is 506 g/mol. The van der Waals surface area contributed by atoms with E-state index >= 15 is 0 Å². The van der Waals surface area contributed by atoms with Crippen molar-refractivity contribution in [3.05, 3.63) is 94.9 Å². The Morgan fingerprint density at radius 2 is 1.67 bits per heavy atom. The van der Waals surface area contributed by atoms with Crippen LogP contribution in [0.25, 0.3) is 21.6 Å². The standard InChI is InChI=1S/C29H25F2NO3S/c1-17(18-9-12-23(30)13-10-18)35-29(33)32-25-16-27(31)36-28(25)22-11-14-24(26(15-22)34-2)21-7-5-20(6-8-21)19-3-4-19/h5-17,19H,3-4H2,1-2H3,(H,32,33)/t17-/m1/s1. The second kappa shape index (κ2) is 10.1. The van der Waals surface area contributed by atoms with Gasteiger partial charge in [0.2, 0.25) is 0 Å². The van der Waals surface area contributed by atoms with Crippen LogP contribution in [0.2, 0.25) is 0 Å². The van der Waals surface area contributed by atoms with Crippen molar-refractivity contribution in [2.75, 3.05) is 12.4 Å². The summed E-state index contributed by atoms with van der Waals surface area (Å²) < 4.78 is 38.5. The van der Waals surface area contributed by atoms with E-state index in [2.05, 4.69) is 29.6 Å². The van der Waals surface area contributed by atoms with Crippen LogP contribution in [-0.4, -0.2) is 13.2 Å². The molecule has 1 heterocycles. The maximum Gasteiger partial charge on any atom is 0.412 e. The fourth-order valence-electron chi connectivity index (χ4n) is 4.19. The summed E-state index contributed by atoms with van der Waals surface area (Å²) in [6.07, 6.45) is 1.17. The van der Waals surface area contributed by atoms with Crippen molar-refractivity contribution in [3.8, 4) is 27.3 Å². The summed E-state index contributed by atoms with van der Waals surface area (Å²) in [6, 6.07) is 21.2. The first-order valence-electron chi connectivity index (χ1n) is 11.7. The highest BCUT2D eigenvalue weighted by Crippen LogP contribution is 2.43. The van der Waals surface area contributed by atoms with E-state index in [0.717, 1.165) is 22.5 Å². The zero-order valence-electron chi connectivity index (χ0n) is 19.9. The van der Waals surface area contributed by atoms with Gasteiger partial charge in [-0.25, -0.2) is 9.18 Å². The van der Waals surface area contributed by atoms with E-state index in [4.69, 9.17) is 9.47 Å². The number of halogens is 2. The molecular formula is C29H25F2NO3S. The lowest BCUT2D eigenvalue weighted by molar-refractivity contribution is 0.121. The molecule has 1 aromatic heterocycles. The highest BCUT2D eigenvalue weighted by Gasteiger charge is 2.23. The largest absolute Gasteiger partial charge is 0.496 e. The van der Waals surface area contributed by atoms with Crippen molar-refractivity contribution in [2.24, 2.45) is 0 Å². The van der Waals surface area contributed by atoms with Crippen molar-refractivity contribution in [1.29, 1.82) is 0 Å². The van der Waals surface area contributed by atoms with Gasteiger partial charge in [-0.1, -0.05) is 48.5 Å². The molecule has 184 valence electrons. The maximum atomic E-state index is 14.3. The summed E-state index contributed by atoms with van der Waals surface area (Å²) in [7, 11) is 1.60. The van der Waals surface area contributed by atoms with Gasteiger partial charge in [0, 0.05) is 11.6 Å². The molecule has 1 amide bonds. The Labute approximate surface area is 212 Å². The molecule has 36 heavy (non-hydrogen) atoms. The molecule has 1 N–H and O–H groups in total. The number of ether oxygens (including phenoxy) is 2. The number of rotatable bonds is 7. The number of amides is 1. The number of hydrogen-bond donors (Lipinski definition) is 1. The Hall–Kier alpha value is -3.71. The third kappa shape index (κ3) is 5.26. The normalized spacial score (nSPS) is 13.8. The first-order chi connectivity index (χ1) is 17.4. The summed E-state index contributed by atoms with van der Waals surface area (Å²) in [5.41, 5.74) is 4.99. The maximum absolute atomic E-state index is 14.3. The summed E-state index contributed by atoms with van der Waals surface area (Å²) in [5, 5.41) is 2.20. The molecule has 0 radical (unpaired) electrons. The van der Waals surface area contributed by atoms with Crippen LogP contribution < -0.4 is 10.1 Å². The van der Waals surface area contributed by atoms with Gasteiger partial charge in [0.15, 0.2) is 5.13 Å². The lowest BCUT2D eigenvalue weighted by Gasteiger charge is -2.15. The fourth-order valence-corrected chi connectivity index (χ4v) is 5.03. The van der Waals surface area contributed by atoms with E-state index < -0.39 is 17.3 Å². The minimum atomic E-state index is -0.731. The second-order valence-corrected chi connectivity index (χ2v) is 9.83. The van der Waals surface area contributed by atoms with Crippen LogP contribution >= 0.6 is 11.3 Å². The van der Waals surface area contributed by atoms with Gasteiger partial charge in [-0.2, -0.15) is 4.39 Å². The smallest absolute Gasteiger partial charge is 0.412 e. The summed E-state index contributed by atoms with van der Waals surface area (Å²) in [4.78, 5) is 13.1. The van der Waals surface area contributed by atoms with Gasteiger partial charge in [-0.05, 0) is 66.1 Å². The van der Waals surface area contributed by atoms with E-state index in [1.807, 2.05) is 18.2 Å². The Balaban J connectivity index is 1.35. The molecule has 4 nitrogen and oxygen atoms in total. The van der Waals surface area contributed by atoms with Crippen LogP contribution in [0.15, 0.2) is 72.8 Å². The number of carbonyl (C=O) groups is 1. The summed E-state index contributed by atoms with van der Waals surface area (Å²) in [6.45, 7) is 1.68. The van der Waals surface area contributed by atoms with Crippen LogP contribution in [-0.2, 0) is 4.74 Å². The molecule has 0 bridgehead atoms. The number of methoxy groups -OCH3 is 1. The van der Waals surface area contributed by atoms with E-state index in [0.29, 0.717) is 33.4 Å². The minimum Gasteiger partial charge on any atom is -0.496 e. The first-order valence-corrected chi connectivity index (χ1v) is 12.5. The van der Waals surface area contributed by atoms with Gasteiger partial charge < -0.3 is 9.47 Å². The SMILES string of the molecule is COc1cc(-c2sc(F)cc2NC(=O)O[C@H](C)c2ccc(F)cc2)ccc1-c1ccc(C2CC2)cc1. The summed E-state index contributed by atoms with van der Waals surface area (Å²) in [5.74, 6) is 0.970. The van der Waals surface area contributed by atoms with Crippen molar-refractivity contribution in [1.82, 2.24) is 0 Å². The molecule has 1 fully saturated rings. The molecule has 1 aliphatic carbocycles. The molecule has 1 saturated carbocycles.